The molecule has 158 valence electrons. The maximum Gasteiger partial charge on any atom is 0.514 e. The molecule has 0 atom stereocenters. The maximum absolute atomic E-state index is 12.1. The van der Waals surface area contributed by atoms with Gasteiger partial charge >= 0.3 is 6.16 Å². The Labute approximate surface area is 169 Å². The van der Waals surface area contributed by atoms with Gasteiger partial charge in [-0.3, -0.25) is 9.59 Å². The molecule has 3 N–H and O–H groups in total. The molecular weight excluding hydrogens is 380 g/mol. The Balaban J connectivity index is 1.83. The maximum atomic E-state index is 12.1. The first-order valence-corrected chi connectivity index (χ1v) is 9.26. The van der Waals surface area contributed by atoms with Crippen LogP contribution in [0.4, 0.5) is 4.79 Å². The normalized spacial score (nSPS) is 16.1. The van der Waals surface area contributed by atoms with Crippen molar-refractivity contribution in [3.63, 3.8) is 0 Å². The number of methoxy groups -OCH3 is 2. The Hall–Kier alpha value is -3.23. The molecular formula is C20H26N2O7. The molecule has 0 spiro atoms. The summed E-state index contributed by atoms with van der Waals surface area (Å²) in [5.41, 5.74) is 6.64. The fraction of sp³-hybridized carbons (Fsp3) is 0.450. The lowest BCUT2D eigenvalue weighted by molar-refractivity contribution is -0.124. The summed E-state index contributed by atoms with van der Waals surface area (Å²) in [5.74, 6) is 0.409. The number of ether oxygens (including phenoxy) is 4. The minimum Gasteiger partial charge on any atom is -0.497 e. The number of hydrogen-bond donors (Lipinski definition) is 2. The minimum atomic E-state index is -0.852. The highest BCUT2D eigenvalue weighted by molar-refractivity contribution is 5.83. The summed E-state index contributed by atoms with van der Waals surface area (Å²) < 4.78 is 20.9. The number of hydrogen-bond acceptors (Lipinski definition) is 7. The third-order valence-corrected chi connectivity index (χ3v) is 4.34. The van der Waals surface area contributed by atoms with Crippen LogP contribution < -0.4 is 11.1 Å². The van der Waals surface area contributed by atoms with Crippen molar-refractivity contribution < 1.29 is 33.3 Å². The van der Waals surface area contributed by atoms with E-state index in [1.807, 2.05) is 6.08 Å². The van der Waals surface area contributed by atoms with Crippen molar-refractivity contribution in [2.75, 3.05) is 20.8 Å². The van der Waals surface area contributed by atoms with E-state index in [1.165, 1.54) is 14.2 Å². The zero-order valence-corrected chi connectivity index (χ0v) is 16.6. The summed E-state index contributed by atoms with van der Waals surface area (Å²) in [7, 11) is 2.99. The van der Waals surface area contributed by atoms with Crippen molar-refractivity contribution in [1.29, 1.82) is 0 Å². The van der Waals surface area contributed by atoms with Gasteiger partial charge in [0.25, 0.3) is 0 Å². The highest BCUT2D eigenvalue weighted by Crippen LogP contribution is 2.27. The topological polar surface area (TPSA) is 126 Å². The zero-order chi connectivity index (χ0) is 21.2. The lowest BCUT2D eigenvalue weighted by atomic mass is 10.0. The third-order valence-electron chi connectivity index (χ3n) is 4.34. The summed E-state index contributed by atoms with van der Waals surface area (Å²) in [6, 6.07) is 0. The largest absolute Gasteiger partial charge is 0.514 e. The molecule has 0 saturated carbocycles. The molecule has 0 bridgehead atoms. The molecule has 2 amide bonds. The molecule has 29 heavy (non-hydrogen) atoms. The molecule has 0 radical (unpaired) electrons. The van der Waals surface area contributed by atoms with Crippen molar-refractivity contribution in [2.45, 2.75) is 38.5 Å². The Morgan fingerprint density at radius 1 is 1.07 bits per heavy atom. The average Bonchev–Trinajstić information content (AvgIpc) is 2.72. The first-order chi connectivity index (χ1) is 13.9. The number of carbonyl (C=O) groups excluding carboxylic acids is 3. The second-order valence-electron chi connectivity index (χ2n) is 6.44. The molecule has 0 saturated heterocycles. The quantitative estimate of drug-likeness (QED) is 0.563. The molecule has 0 fully saturated rings. The number of primary amides is 1. The van der Waals surface area contributed by atoms with Crippen LogP contribution in [0, 0.1) is 0 Å². The van der Waals surface area contributed by atoms with E-state index >= 15 is 0 Å². The minimum absolute atomic E-state index is 0.0113. The van der Waals surface area contributed by atoms with Gasteiger partial charge in [-0.2, -0.15) is 0 Å². The Morgan fingerprint density at radius 3 is 2.48 bits per heavy atom. The molecule has 0 aromatic carbocycles. The van der Waals surface area contributed by atoms with Gasteiger partial charge in [0.15, 0.2) is 5.76 Å². The number of nitrogens with one attached hydrogen (secondary N) is 1. The second kappa shape index (κ2) is 10.9. The number of rotatable bonds is 9. The van der Waals surface area contributed by atoms with Crippen molar-refractivity contribution >= 4 is 18.0 Å². The molecule has 2 rings (SSSR count). The summed E-state index contributed by atoms with van der Waals surface area (Å²) >= 11 is 0. The molecule has 9 heteroatoms. The van der Waals surface area contributed by atoms with Crippen molar-refractivity contribution in [3.05, 3.63) is 46.8 Å². The van der Waals surface area contributed by atoms with Crippen LogP contribution in [0.25, 0.3) is 0 Å². The lowest BCUT2D eigenvalue weighted by Gasteiger charge is -2.19. The van der Waals surface area contributed by atoms with E-state index in [0.717, 1.165) is 17.7 Å². The second-order valence-corrected chi connectivity index (χ2v) is 6.44. The molecule has 2 aliphatic carbocycles. The Bertz CT molecular complexity index is 778. The summed E-state index contributed by atoms with van der Waals surface area (Å²) in [5, 5.41) is 2.73. The van der Waals surface area contributed by atoms with E-state index in [1.54, 1.807) is 12.2 Å². The van der Waals surface area contributed by atoms with Gasteiger partial charge in [0.05, 0.1) is 14.2 Å². The van der Waals surface area contributed by atoms with E-state index in [0.29, 0.717) is 30.8 Å². The summed E-state index contributed by atoms with van der Waals surface area (Å²) in [4.78, 5) is 34.5. The smallest absolute Gasteiger partial charge is 0.497 e. The van der Waals surface area contributed by atoms with E-state index in [2.05, 4.69) is 5.32 Å². The van der Waals surface area contributed by atoms with Crippen LogP contribution in [0.1, 0.15) is 38.5 Å². The van der Waals surface area contributed by atoms with Gasteiger partial charge in [0, 0.05) is 25.0 Å². The molecule has 0 heterocycles. The fourth-order valence-electron chi connectivity index (χ4n) is 2.80. The highest BCUT2D eigenvalue weighted by Gasteiger charge is 2.23. The summed E-state index contributed by atoms with van der Waals surface area (Å²) in [6.45, 7) is 0.0693. The van der Waals surface area contributed by atoms with Gasteiger partial charge in [0.2, 0.25) is 17.6 Å². The molecule has 0 aliphatic heterocycles. The Morgan fingerprint density at radius 2 is 1.86 bits per heavy atom. The van der Waals surface area contributed by atoms with Gasteiger partial charge < -0.3 is 30.0 Å². The van der Waals surface area contributed by atoms with Gasteiger partial charge in [0.1, 0.15) is 12.4 Å². The number of allylic oxidation sites excluding steroid dienone is 5. The Kier molecular flexibility index (Phi) is 8.32. The van der Waals surface area contributed by atoms with E-state index < -0.39 is 12.1 Å². The van der Waals surface area contributed by atoms with Crippen LogP contribution in [-0.4, -0.2) is 38.8 Å². The SMILES string of the molecule is COC1=CCCC(OC)=C1OC(=O)OCC1=CC=C(NC(=O)CCC(N)=O)CC1. The number of amides is 2. The first-order valence-electron chi connectivity index (χ1n) is 9.26. The van der Waals surface area contributed by atoms with E-state index in [9.17, 15) is 14.4 Å². The van der Waals surface area contributed by atoms with Gasteiger partial charge in [-0.1, -0.05) is 6.08 Å². The van der Waals surface area contributed by atoms with Gasteiger partial charge in [-0.05, 0) is 37.0 Å². The summed E-state index contributed by atoms with van der Waals surface area (Å²) in [6.07, 6.45) is 7.09. The van der Waals surface area contributed by atoms with Crippen LogP contribution in [0.3, 0.4) is 0 Å². The lowest BCUT2D eigenvalue weighted by Crippen LogP contribution is -2.25. The van der Waals surface area contributed by atoms with Crippen LogP contribution >= 0.6 is 0 Å². The van der Waals surface area contributed by atoms with Crippen LogP contribution in [0.5, 0.6) is 0 Å². The van der Waals surface area contributed by atoms with Gasteiger partial charge in [-0.25, -0.2) is 4.79 Å². The average molecular weight is 406 g/mol. The molecule has 9 nitrogen and oxygen atoms in total. The standard InChI is InChI=1S/C20H26N2O7/c1-26-15-4-3-5-16(27-2)19(15)29-20(25)28-12-13-6-8-14(9-7-13)22-18(24)11-10-17(21)23/h4,6,8H,3,5,7,9-12H2,1-2H3,(H2,21,23)(H,22,24). The molecule has 0 aromatic heterocycles. The predicted molar refractivity (Wildman–Crippen MR) is 103 cm³/mol. The van der Waals surface area contributed by atoms with Crippen LogP contribution in [0.15, 0.2) is 46.8 Å². The first kappa shape index (κ1) is 22.1. The van der Waals surface area contributed by atoms with Gasteiger partial charge in [-0.15, -0.1) is 0 Å². The highest BCUT2D eigenvalue weighted by atomic mass is 16.7. The fourth-order valence-corrected chi connectivity index (χ4v) is 2.80. The van der Waals surface area contributed by atoms with Crippen LogP contribution in [-0.2, 0) is 28.5 Å². The molecule has 0 aromatic rings. The van der Waals surface area contributed by atoms with Crippen molar-refractivity contribution in [3.8, 4) is 0 Å². The van der Waals surface area contributed by atoms with Crippen molar-refractivity contribution in [1.82, 2.24) is 5.32 Å². The van der Waals surface area contributed by atoms with Crippen LogP contribution in [0.2, 0.25) is 0 Å². The molecule has 0 unspecified atom stereocenters. The third kappa shape index (κ3) is 7.02. The number of carbonyl (C=O) groups is 3. The van der Waals surface area contributed by atoms with E-state index in [4.69, 9.17) is 24.7 Å². The number of nitrogens with two attached hydrogens (primary N) is 1. The monoisotopic (exact) mass is 406 g/mol. The zero-order valence-electron chi connectivity index (χ0n) is 16.6. The predicted octanol–water partition coefficient (Wildman–Crippen LogP) is 2.31. The van der Waals surface area contributed by atoms with E-state index in [-0.39, 0.29) is 31.1 Å². The molecule has 2 aliphatic rings. The van der Waals surface area contributed by atoms with Crippen molar-refractivity contribution in [2.24, 2.45) is 5.73 Å².